The third-order valence-electron chi connectivity index (χ3n) is 2.83. The van der Waals surface area contributed by atoms with E-state index in [0.29, 0.717) is 0 Å². The normalized spacial score (nSPS) is 14.2. The molecule has 1 fully saturated rings. The molecule has 18 heavy (non-hydrogen) atoms. The van der Waals surface area contributed by atoms with Crippen molar-refractivity contribution in [1.29, 1.82) is 0 Å². The molecule has 1 amide bonds. The Morgan fingerprint density at radius 3 is 1.83 bits per heavy atom. The SMILES string of the molecule is CC(=O)C(C)=C(C)C.COC(=O)N1CCNCC1. The van der Waals surface area contributed by atoms with Crippen LogP contribution in [0.4, 0.5) is 4.79 Å². The second-order valence-corrected chi connectivity index (χ2v) is 4.39. The molecule has 0 radical (unpaired) electrons. The summed E-state index contributed by atoms with van der Waals surface area (Å²) in [6.07, 6.45) is -0.221. The zero-order valence-corrected chi connectivity index (χ0v) is 12.0. The molecule has 0 spiro atoms. The molecule has 0 saturated carbocycles. The molecule has 1 rings (SSSR count). The number of rotatable bonds is 1. The number of amides is 1. The van der Waals surface area contributed by atoms with E-state index in [1.54, 1.807) is 11.8 Å². The molecule has 1 aliphatic heterocycles. The molecule has 0 aromatic heterocycles. The molecule has 1 saturated heterocycles. The lowest BCUT2D eigenvalue weighted by molar-refractivity contribution is -0.113. The number of methoxy groups -OCH3 is 1. The predicted octanol–water partition coefficient (Wildman–Crippen LogP) is 1.59. The number of allylic oxidation sites excluding steroid dienone is 2. The first-order valence-electron chi connectivity index (χ1n) is 6.08. The van der Waals surface area contributed by atoms with Gasteiger partial charge in [-0.15, -0.1) is 0 Å². The first kappa shape index (κ1) is 16.6. The number of hydrogen-bond donors (Lipinski definition) is 1. The van der Waals surface area contributed by atoms with Gasteiger partial charge in [-0.2, -0.15) is 0 Å². The van der Waals surface area contributed by atoms with Gasteiger partial charge in [0.1, 0.15) is 0 Å². The van der Waals surface area contributed by atoms with Crippen molar-refractivity contribution in [3.63, 3.8) is 0 Å². The van der Waals surface area contributed by atoms with E-state index in [2.05, 4.69) is 10.1 Å². The molecular formula is C13H24N2O3. The maximum Gasteiger partial charge on any atom is 0.409 e. The standard InChI is InChI=1S/C7H12O.C6H12N2O2/c1-5(2)6(3)7(4)8;1-10-6(9)8-4-2-7-3-5-8/h1-4H3;7H,2-5H2,1H3. The predicted molar refractivity (Wildman–Crippen MR) is 71.6 cm³/mol. The summed E-state index contributed by atoms with van der Waals surface area (Å²) in [4.78, 5) is 23.1. The van der Waals surface area contributed by atoms with Crippen LogP contribution in [-0.4, -0.2) is 50.1 Å². The molecule has 0 aromatic carbocycles. The van der Waals surface area contributed by atoms with Crippen molar-refractivity contribution in [3.05, 3.63) is 11.1 Å². The summed E-state index contributed by atoms with van der Waals surface area (Å²) in [7, 11) is 1.41. The van der Waals surface area contributed by atoms with Crippen molar-refractivity contribution in [3.8, 4) is 0 Å². The van der Waals surface area contributed by atoms with Gasteiger partial charge in [0.25, 0.3) is 0 Å². The van der Waals surface area contributed by atoms with Gasteiger partial charge >= 0.3 is 6.09 Å². The Kier molecular flexibility index (Phi) is 8.03. The van der Waals surface area contributed by atoms with Crippen LogP contribution in [0.15, 0.2) is 11.1 Å². The molecule has 1 heterocycles. The van der Waals surface area contributed by atoms with E-state index in [1.165, 1.54) is 7.11 Å². The molecule has 1 aliphatic rings. The van der Waals surface area contributed by atoms with Crippen molar-refractivity contribution in [2.45, 2.75) is 27.7 Å². The van der Waals surface area contributed by atoms with Crippen LogP contribution in [0.2, 0.25) is 0 Å². The maximum atomic E-state index is 10.8. The van der Waals surface area contributed by atoms with Crippen LogP contribution in [0.5, 0.6) is 0 Å². The average Bonchev–Trinajstić information content (AvgIpc) is 2.38. The Morgan fingerprint density at radius 1 is 1.06 bits per heavy atom. The minimum Gasteiger partial charge on any atom is -0.453 e. The second kappa shape index (κ2) is 8.69. The van der Waals surface area contributed by atoms with Gasteiger partial charge in [0.05, 0.1) is 7.11 Å². The molecule has 0 bridgehead atoms. The molecule has 104 valence electrons. The highest BCUT2D eigenvalue weighted by Gasteiger charge is 2.15. The van der Waals surface area contributed by atoms with Crippen molar-refractivity contribution < 1.29 is 14.3 Å². The van der Waals surface area contributed by atoms with Gasteiger partial charge in [0.2, 0.25) is 0 Å². The zero-order chi connectivity index (χ0) is 14.1. The number of Topliss-reactive ketones (excluding diaryl/α,β-unsaturated/α-hetero) is 1. The lowest BCUT2D eigenvalue weighted by Crippen LogP contribution is -2.46. The van der Waals surface area contributed by atoms with Crippen molar-refractivity contribution in [1.82, 2.24) is 10.2 Å². The number of hydrogen-bond acceptors (Lipinski definition) is 4. The Morgan fingerprint density at radius 2 is 1.56 bits per heavy atom. The highest BCUT2D eigenvalue weighted by molar-refractivity contribution is 5.93. The minimum absolute atomic E-state index is 0.171. The van der Waals surface area contributed by atoms with Crippen molar-refractivity contribution >= 4 is 11.9 Å². The Bertz CT molecular complexity index is 314. The number of carbonyl (C=O) groups is 2. The smallest absolute Gasteiger partial charge is 0.409 e. The molecule has 0 aromatic rings. The van der Waals surface area contributed by atoms with Crippen LogP contribution in [0.25, 0.3) is 0 Å². The monoisotopic (exact) mass is 256 g/mol. The first-order valence-corrected chi connectivity index (χ1v) is 6.08. The number of nitrogens with one attached hydrogen (secondary N) is 1. The number of carbonyl (C=O) groups excluding carboxylic acids is 2. The number of ether oxygens (including phenoxy) is 1. The van der Waals surface area contributed by atoms with Crippen LogP contribution < -0.4 is 5.32 Å². The summed E-state index contributed by atoms with van der Waals surface area (Å²) in [5.41, 5.74) is 1.99. The fourth-order valence-corrected chi connectivity index (χ4v) is 1.33. The molecule has 0 unspecified atom stereocenters. The van der Waals surface area contributed by atoms with Gasteiger partial charge in [0.15, 0.2) is 5.78 Å². The van der Waals surface area contributed by atoms with Gasteiger partial charge in [-0.25, -0.2) is 4.79 Å². The number of ketones is 1. The third kappa shape index (κ3) is 6.39. The number of nitrogens with zero attached hydrogens (tertiary/aromatic N) is 1. The van der Waals surface area contributed by atoms with Crippen LogP contribution >= 0.6 is 0 Å². The summed E-state index contributed by atoms with van der Waals surface area (Å²) in [6, 6.07) is 0. The Labute approximate surface area is 109 Å². The van der Waals surface area contributed by atoms with Crippen LogP contribution in [0, 0.1) is 0 Å². The molecule has 5 nitrogen and oxygen atoms in total. The highest BCUT2D eigenvalue weighted by Crippen LogP contribution is 2.01. The van der Waals surface area contributed by atoms with E-state index in [9.17, 15) is 9.59 Å². The summed E-state index contributed by atoms with van der Waals surface area (Å²) in [5, 5.41) is 3.14. The summed E-state index contributed by atoms with van der Waals surface area (Å²) < 4.78 is 4.55. The molecule has 1 N–H and O–H groups in total. The maximum absolute atomic E-state index is 10.8. The quantitative estimate of drug-likeness (QED) is 0.724. The Balaban J connectivity index is 0.000000331. The van der Waals surface area contributed by atoms with Crippen LogP contribution in [0.1, 0.15) is 27.7 Å². The van der Waals surface area contributed by atoms with E-state index in [0.717, 1.165) is 37.3 Å². The lowest BCUT2D eigenvalue weighted by atomic mass is 10.1. The fourth-order valence-electron chi connectivity index (χ4n) is 1.33. The van der Waals surface area contributed by atoms with Gasteiger partial charge in [-0.1, -0.05) is 5.57 Å². The fraction of sp³-hybridized carbons (Fsp3) is 0.692. The lowest BCUT2D eigenvalue weighted by Gasteiger charge is -2.25. The average molecular weight is 256 g/mol. The molecule has 0 aliphatic carbocycles. The van der Waals surface area contributed by atoms with E-state index in [4.69, 9.17) is 0 Å². The van der Waals surface area contributed by atoms with Gasteiger partial charge in [-0.05, 0) is 33.3 Å². The van der Waals surface area contributed by atoms with Crippen LogP contribution in [0.3, 0.4) is 0 Å². The molecule has 0 atom stereocenters. The Hall–Kier alpha value is -1.36. The topological polar surface area (TPSA) is 58.6 Å². The molecular weight excluding hydrogens is 232 g/mol. The minimum atomic E-state index is -0.221. The van der Waals surface area contributed by atoms with Gasteiger partial charge in [-0.3, -0.25) is 4.79 Å². The third-order valence-corrected chi connectivity index (χ3v) is 2.83. The van der Waals surface area contributed by atoms with Crippen molar-refractivity contribution in [2.75, 3.05) is 33.3 Å². The van der Waals surface area contributed by atoms with Crippen LogP contribution in [-0.2, 0) is 9.53 Å². The zero-order valence-electron chi connectivity index (χ0n) is 12.0. The van der Waals surface area contributed by atoms with E-state index < -0.39 is 0 Å². The highest BCUT2D eigenvalue weighted by atomic mass is 16.5. The summed E-state index contributed by atoms with van der Waals surface area (Å²) in [5.74, 6) is 0.171. The summed E-state index contributed by atoms with van der Waals surface area (Å²) >= 11 is 0. The van der Waals surface area contributed by atoms with E-state index >= 15 is 0 Å². The summed E-state index contributed by atoms with van der Waals surface area (Å²) in [6.45, 7) is 10.6. The van der Waals surface area contributed by atoms with E-state index in [-0.39, 0.29) is 11.9 Å². The van der Waals surface area contributed by atoms with Crippen molar-refractivity contribution in [2.24, 2.45) is 0 Å². The van der Waals surface area contributed by atoms with Gasteiger partial charge in [0, 0.05) is 26.2 Å². The first-order chi connectivity index (χ1) is 8.40. The van der Waals surface area contributed by atoms with E-state index in [1.807, 2.05) is 20.8 Å². The van der Waals surface area contributed by atoms with Gasteiger partial charge < -0.3 is 15.0 Å². The largest absolute Gasteiger partial charge is 0.453 e. The number of piperazine rings is 1. The molecule has 5 heteroatoms. The second-order valence-electron chi connectivity index (χ2n) is 4.39.